The molecule has 0 bridgehead atoms. The Labute approximate surface area is 117 Å². The molecule has 0 unspecified atom stereocenters. The zero-order valence-corrected chi connectivity index (χ0v) is 10.5. The summed E-state index contributed by atoms with van der Waals surface area (Å²) in [6.07, 6.45) is 3.83. The molecule has 0 atom stereocenters. The minimum atomic E-state index is -1.49. The second kappa shape index (κ2) is 6.00. The third-order valence-corrected chi connectivity index (χ3v) is 2.49. The molecule has 5 nitrogen and oxygen atoms in total. The van der Waals surface area contributed by atoms with Crippen LogP contribution in [0.2, 0.25) is 0 Å². The lowest BCUT2D eigenvalue weighted by Crippen LogP contribution is -2.13. The number of hydrogen-bond acceptors (Lipinski definition) is 3. The molecule has 2 N–H and O–H groups in total. The average Bonchev–Trinajstić information content (AvgIpc) is 2.93. The van der Waals surface area contributed by atoms with E-state index in [1.54, 1.807) is 12.1 Å². The zero-order valence-electron chi connectivity index (χ0n) is 10.5. The highest BCUT2D eigenvalue weighted by atomic mass is 19.2. The van der Waals surface area contributed by atoms with E-state index in [1.165, 1.54) is 12.3 Å². The average molecular weight is 293 g/mol. The van der Waals surface area contributed by atoms with E-state index in [0.717, 1.165) is 6.08 Å². The highest BCUT2D eigenvalue weighted by molar-refractivity contribution is 6.05. The number of carbonyl (C=O) groups excluding carboxylic acids is 1. The second-order valence-corrected chi connectivity index (χ2v) is 3.96. The van der Waals surface area contributed by atoms with Gasteiger partial charge in [-0.3, -0.25) is 4.79 Å². The monoisotopic (exact) mass is 293 g/mol. The third-order valence-electron chi connectivity index (χ3n) is 2.49. The minimum absolute atomic E-state index is 0.338. The van der Waals surface area contributed by atoms with E-state index in [4.69, 9.17) is 9.52 Å². The molecule has 108 valence electrons. The molecule has 1 aromatic carbocycles. The van der Waals surface area contributed by atoms with Crippen LogP contribution in [-0.2, 0) is 4.79 Å². The minimum Gasteiger partial charge on any atom is -0.478 e. The summed E-state index contributed by atoms with van der Waals surface area (Å²) in [5.41, 5.74) is -0.885. The molecule has 7 heteroatoms. The van der Waals surface area contributed by atoms with Crippen LogP contribution >= 0.6 is 0 Å². The topological polar surface area (TPSA) is 79.5 Å². The van der Waals surface area contributed by atoms with Crippen LogP contribution in [0.3, 0.4) is 0 Å². The molecule has 21 heavy (non-hydrogen) atoms. The predicted molar refractivity (Wildman–Crippen MR) is 69.7 cm³/mol. The first-order chi connectivity index (χ1) is 9.97. The van der Waals surface area contributed by atoms with Gasteiger partial charge in [0.15, 0.2) is 11.6 Å². The fourth-order valence-corrected chi connectivity index (χ4v) is 1.55. The molecule has 0 fully saturated rings. The molecule has 2 rings (SSSR count). The Hall–Kier alpha value is -2.96. The summed E-state index contributed by atoms with van der Waals surface area (Å²) in [6, 6.07) is 4.33. The van der Waals surface area contributed by atoms with E-state index in [1.807, 2.05) is 0 Å². The Kier molecular flexibility index (Phi) is 4.13. The molecular weight excluding hydrogens is 284 g/mol. The van der Waals surface area contributed by atoms with Crippen LogP contribution in [0.15, 0.2) is 41.0 Å². The molecule has 0 aliphatic carbocycles. The maximum atomic E-state index is 13.1. The second-order valence-electron chi connectivity index (χ2n) is 3.96. The Morgan fingerprint density at radius 2 is 1.95 bits per heavy atom. The Bertz CT molecular complexity index is 708. The molecule has 0 spiro atoms. The van der Waals surface area contributed by atoms with Crippen molar-refractivity contribution >= 4 is 23.6 Å². The van der Waals surface area contributed by atoms with E-state index in [-0.39, 0.29) is 5.69 Å². The van der Waals surface area contributed by atoms with Gasteiger partial charge in [0, 0.05) is 12.1 Å². The third kappa shape index (κ3) is 3.53. The Balaban J connectivity index is 2.20. The number of nitrogens with one attached hydrogen (secondary N) is 1. The van der Waals surface area contributed by atoms with Gasteiger partial charge in [-0.05, 0) is 24.3 Å². The van der Waals surface area contributed by atoms with Crippen molar-refractivity contribution in [2.75, 3.05) is 5.32 Å². The number of hydrogen-bond donors (Lipinski definition) is 2. The van der Waals surface area contributed by atoms with Crippen LogP contribution in [0.5, 0.6) is 0 Å². The highest BCUT2D eigenvalue weighted by Gasteiger charge is 2.16. The maximum Gasteiger partial charge on any atom is 0.337 e. The van der Waals surface area contributed by atoms with Gasteiger partial charge >= 0.3 is 5.97 Å². The lowest BCUT2D eigenvalue weighted by molar-refractivity contribution is -0.111. The lowest BCUT2D eigenvalue weighted by atomic mass is 10.1. The van der Waals surface area contributed by atoms with E-state index < -0.39 is 29.1 Å². The largest absolute Gasteiger partial charge is 0.478 e. The van der Waals surface area contributed by atoms with Crippen LogP contribution < -0.4 is 5.32 Å². The van der Waals surface area contributed by atoms with Crippen molar-refractivity contribution in [3.63, 3.8) is 0 Å². The van der Waals surface area contributed by atoms with Crippen molar-refractivity contribution in [1.82, 2.24) is 0 Å². The van der Waals surface area contributed by atoms with E-state index in [2.05, 4.69) is 5.32 Å². The maximum absolute atomic E-state index is 13.1. The first kappa shape index (κ1) is 14.4. The summed E-state index contributed by atoms with van der Waals surface area (Å²) >= 11 is 0. The molecule has 0 aliphatic rings. The van der Waals surface area contributed by atoms with Gasteiger partial charge < -0.3 is 14.8 Å². The quantitative estimate of drug-likeness (QED) is 0.849. The number of rotatable bonds is 4. The van der Waals surface area contributed by atoms with E-state index in [0.29, 0.717) is 17.9 Å². The van der Waals surface area contributed by atoms with Crippen LogP contribution in [0.25, 0.3) is 6.08 Å². The van der Waals surface area contributed by atoms with Crippen LogP contribution in [0.1, 0.15) is 16.1 Å². The smallest absolute Gasteiger partial charge is 0.337 e. The summed E-state index contributed by atoms with van der Waals surface area (Å²) in [5.74, 6) is -4.35. The molecule has 2 aromatic rings. The lowest BCUT2D eigenvalue weighted by Gasteiger charge is -2.07. The van der Waals surface area contributed by atoms with Crippen molar-refractivity contribution < 1.29 is 27.9 Å². The molecule has 0 saturated heterocycles. The number of carboxylic acid groups (broad SMARTS) is 1. The van der Waals surface area contributed by atoms with E-state index in [9.17, 15) is 18.4 Å². The number of benzene rings is 1. The molecule has 0 radical (unpaired) electrons. The van der Waals surface area contributed by atoms with Gasteiger partial charge in [-0.1, -0.05) is 0 Å². The SMILES string of the molecule is O=C(C=Cc1ccco1)Nc1cc(F)c(F)cc1C(=O)O. The molecule has 0 saturated carbocycles. The van der Waals surface area contributed by atoms with Gasteiger partial charge in [0.2, 0.25) is 5.91 Å². The predicted octanol–water partition coefficient (Wildman–Crippen LogP) is 2.91. The van der Waals surface area contributed by atoms with Gasteiger partial charge in [-0.2, -0.15) is 0 Å². The number of halogens is 2. The highest BCUT2D eigenvalue weighted by Crippen LogP contribution is 2.20. The summed E-state index contributed by atoms with van der Waals surface area (Å²) in [6.45, 7) is 0. The van der Waals surface area contributed by atoms with Gasteiger partial charge in [0.05, 0.1) is 17.5 Å². The van der Waals surface area contributed by atoms with Crippen LogP contribution in [-0.4, -0.2) is 17.0 Å². The first-order valence-corrected chi connectivity index (χ1v) is 5.72. The van der Waals surface area contributed by atoms with Crippen molar-refractivity contribution in [2.24, 2.45) is 0 Å². The number of amides is 1. The summed E-state index contributed by atoms with van der Waals surface area (Å²) in [5, 5.41) is 11.1. The molecule has 1 amide bonds. The Morgan fingerprint density at radius 3 is 2.57 bits per heavy atom. The van der Waals surface area contributed by atoms with Gasteiger partial charge in [-0.15, -0.1) is 0 Å². The van der Waals surface area contributed by atoms with Crippen LogP contribution in [0, 0.1) is 11.6 Å². The fraction of sp³-hybridized carbons (Fsp3) is 0. The van der Waals surface area contributed by atoms with Crippen LogP contribution in [0.4, 0.5) is 14.5 Å². The molecule has 1 heterocycles. The summed E-state index contributed by atoms with van der Waals surface area (Å²) < 4.78 is 31.1. The number of anilines is 1. The summed E-state index contributed by atoms with van der Waals surface area (Å²) in [7, 11) is 0. The number of furan rings is 1. The van der Waals surface area contributed by atoms with Crippen molar-refractivity contribution in [2.45, 2.75) is 0 Å². The number of aromatic carboxylic acids is 1. The normalized spacial score (nSPS) is 10.8. The number of carboxylic acids is 1. The van der Waals surface area contributed by atoms with Crippen molar-refractivity contribution in [1.29, 1.82) is 0 Å². The van der Waals surface area contributed by atoms with Crippen molar-refractivity contribution in [3.8, 4) is 0 Å². The molecular formula is C14H9F2NO4. The standard InChI is InChI=1S/C14H9F2NO4/c15-10-6-9(14(19)20)12(7-11(10)16)17-13(18)4-3-8-2-1-5-21-8/h1-7H,(H,17,18)(H,19,20). The zero-order chi connectivity index (χ0) is 15.4. The molecule has 0 aliphatic heterocycles. The fourth-order valence-electron chi connectivity index (χ4n) is 1.55. The first-order valence-electron chi connectivity index (χ1n) is 5.72. The van der Waals surface area contributed by atoms with Crippen molar-refractivity contribution in [3.05, 3.63) is 59.6 Å². The Morgan fingerprint density at radius 1 is 1.24 bits per heavy atom. The number of carbonyl (C=O) groups is 2. The summed E-state index contributed by atoms with van der Waals surface area (Å²) in [4.78, 5) is 22.6. The molecule has 1 aromatic heterocycles. The van der Waals surface area contributed by atoms with E-state index >= 15 is 0 Å². The van der Waals surface area contributed by atoms with Gasteiger partial charge in [0.1, 0.15) is 5.76 Å². The van der Waals surface area contributed by atoms with Gasteiger partial charge in [-0.25, -0.2) is 13.6 Å². The van der Waals surface area contributed by atoms with Gasteiger partial charge in [0.25, 0.3) is 0 Å².